The normalized spacial score (nSPS) is 24.7. The highest BCUT2D eigenvalue weighted by Crippen LogP contribution is 2.59. The molecule has 1 aromatic heterocycles. The lowest BCUT2D eigenvalue weighted by atomic mass is 9.69. The van der Waals surface area contributed by atoms with E-state index in [1.165, 1.54) is 12.1 Å². The number of nitrogens with zero attached hydrogens (tertiary/aromatic N) is 1. The van der Waals surface area contributed by atoms with E-state index < -0.39 is 35.1 Å². The third-order valence-corrected chi connectivity index (χ3v) is 9.63. The Balaban J connectivity index is 1.76. The molecule has 2 aromatic rings. The Morgan fingerprint density at radius 2 is 1.61 bits per heavy atom. The highest BCUT2D eigenvalue weighted by molar-refractivity contribution is 5.54. The molecular formula is C33H44F3NO4. The molecule has 3 aliphatic rings. The second-order valence-electron chi connectivity index (χ2n) is 14.5. The van der Waals surface area contributed by atoms with Gasteiger partial charge in [-0.3, -0.25) is 4.98 Å². The number of halogens is 3. The van der Waals surface area contributed by atoms with Crippen LogP contribution in [-0.4, -0.2) is 28.9 Å². The maximum absolute atomic E-state index is 13.4. The van der Waals surface area contributed by atoms with Gasteiger partial charge in [-0.25, -0.2) is 0 Å². The molecule has 1 N–H and O–H groups in total. The van der Waals surface area contributed by atoms with Gasteiger partial charge in [-0.1, -0.05) is 46.8 Å². The lowest BCUT2D eigenvalue weighted by molar-refractivity contribution is -0.149. The summed E-state index contributed by atoms with van der Waals surface area (Å²) >= 11 is 0. The molecule has 1 unspecified atom stereocenters. The van der Waals surface area contributed by atoms with Gasteiger partial charge in [-0.05, 0) is 67.7 Å². The average molecular weight is 576 g/mol. The smallest absolute Gasteiger partial charge is 0.387 e. The number of benzene rings is 1. The topological polar surface area (TPSA) is 60.8 Å². The van der Waals surface area contributed by atoms with E-state index in [1.807, 2.05) is 0 Å². The molecule has 5 rings (SSSR count). The first-order chi connectivity index (χ1) is 18.9. The van der Waals surface area contributed by atoms with Crippen LogP contribution in [0.4, 0.5) is 13.2 Å². The summed E-state index contributed by atoms with van der Waals surface area (Å²) in [5.74, 6) is 0. The van der Waals surface area contributed by atoms with E-state index in [0.29, 0.717) is 37.3 Å². The Labute approximate surface area is 241 Å². The molecule has 41 heavy (non-hydrogen) atoms. The molecule has 0 saturated carbocycles. The van der Waals surface area contributed by atoms with Gasteiger partial charge in [-0.2, -0.15) is 13.2 Å². The molecule has 3 heterocycles. The van der Waals surface area contributed by atoms with E-state index in [2.05, 4.69) is 48.5 Å². The summed E-state index contributed by atoms with van der Waals surface area (Å²) in [6, 6.07) is 5.17. The minimum absolute atomic E-state index is 0.0854. The van der Waals surface area contributed by atoms with Crippen LogP contribution in [0.1, 0.15) is 132 Å². The first kappa shape index (κ1) is 30.5. The molecule has 1 aliphatic carbocycles. The van der Waals surface area contributed by atoms with Gasteiger partial charge in [0.1, 0.15) is 6.10 Å². The number of rotatable bonds is 4. The van der Waals surface area contributed by atoms with Gasteiger partial charge >= 0.3 is 6.18 Å². The Hall–Kier alpha value is -2.00. The molecule has 1 saturated heterocycles. The monoisotopic (exact) mass is 575 g/mol. The molecule has 1 spiro atoms. The van der Waals surface area contributed by atoms with Crippen molar-refractivity contribution < 1.29 is 32.5 Å². The quantitative estimate of drug-likeness (QED) is 0.399. The van der Waals surface area contributed by atoms with Crippen LogP contribution >= 0.6 is 0 Å². The number of alkyl halides is 3. The number of hydrogen-bond acceptors (Lipinski definition) is 5. The average Bonchev–Trinajstić information content (AvgIpc) is 3.15. The maximum atomic E-state index is 13.4. The zero-order chi connectivity index (χ0) is 30.2. The summed E-state index contributed by atoms with van der Waals surface area (Å²) in [5, 5.41) is 11.1. The van der Waals surface area contributed by atoms with Crippen molar-refractivity contribution >= 4 is 0 Å². The summed E-state index contributed by atoms with van der Waals surface area (Å²) in [5.41, 5.74) is 2.72. The van der Waals surface area contributed by atoms with Gasteiger partial charge in [0, 0.05) is 42.9 Å². The number of fused-ring (bicyclic) bond motifs is 4. The van der Waals surface area contributed by atoms with Gasteiger partial charge in [0.05, 0.1) is 34.7 Å². The van der Waals surface area contributed by atoms with Gasteiger partial charge in [0.15, 0.2) is 0 Å². The zero-order valence-electron chi connectivity index (χ0n) is 25.5. The van der Waals surface area contributed by atoms with Gasteiger partial charge < -0.3 is 19.3 Å². The van der Waals surface area contributed by atoms with E-state index in [1.54, 1.807) is 6.92 Å². The van der Waals surface area contributed by atoms with Gasteiger partial charge in [0.2, 0.25) is 0 Å². The predicted molar refractivity (Wildman–Crippen MR) is 150 cm³/mol. The Morgan fingerprint density at radius 1 is 1.00 bits per heavy atom. The molecular weight excluding hydrogens is 531 g/mol. The highest BCUT2D eigenvalue weighted by atomic mass is 19.4. The van der Waals surface area contributed by atoms with Crippen molar-refractivity contribution in [2.75, 3.05) is 13.2 Å². The van der Waals surface area contributed by atoms with Crippen molar-refractivity contribution in [1.82, 2.24) is 4.98 Å². The summed E-state index contributed by atoms with van der Waals surface area (Å²) < 4.78 is 60.0. The molecule has 0 bridgehead atoms. The van der Waals surface area contributed by atoms with Crippen LogP contribution in [0.2, 0.25) is 0 Å². The predicted octanol–water partition coefficient (Wildman–Crippen LogP) is 8.13. The van der Waals surface area contributed by atoms with E-state index in [4.69, 9.17) is 19.2 Å². The van der Waals surface area contributed by atoms with Gasteiger partial charge in [0.25, 0.3) is 0 Å². The molecule has 1 fully saturated rings. The first-order valence-corrected chi connectivity index (χ1v) is 14.7. The van der Waals surface area contributed by atoms with Crippen LogP contribution in [-0.2, 0) is 32.4 Å². The van der Waals surface area contributed by atoms with E-state index in [-0.39, 0.29) is 16.9 Å². The summed E-state index contributed by atoms with van der Waals surface area (Å²) in [7, 11) is 0. The van der Waals surface area contributed by atoms with Crippen LogP contribution in [0.3, 0.4) is 0 Å². The van der Waals surface area contributed by atoms with E-state index in [0.717, 1.165) is 47.4 Å². The minimum atomic E-state index is -4.43. The van der Waals surface area contributed by atoms with Gasteiger partial charge in [-0.15, -0.1) is 0 Å². The fourth-order valence-corrected chi connectivity index (χ4v) is 6.50. The molecule has 2 aliphatic heterocycles. The highest BCUT2D eigenvalue weighted by Gasteiger charge is 2.53. The second-order valence-corrected chi connectivity index (χ2v) is 14.5. The van der Waals surface area contributed by atoms with Crippen molar-refractivity contribution in [2.24, 2.45) is 10.8 Å². The number of ether oxygens (including phenoxy) is 3. The molecule has 1 aromatic carbocycles. The van der Waals surface area contributed by atoms with Crippen LogP contribution in [0.15, 0.2) is 24.3 Å². The van der Waals surface area contributed by atoms with Crippen LogP contribution < -0.4 is 0 Å². The summed E-state index contributed by atoms with van der Waals surface area (Å²) in [6.45, 7) is 17.9. The Kier molecular flexibility index (Phi) is 7.45. The van der Waals surface area contributed by atoms with E-state index in [9.17, 15) is 18.3 Å². The summed E-state index contributed by atoms with van der Waals surface area (Å²) in [4.78, 5) is 5.11. The maximum Gasteiger partial charge on any atom is 0.416 e. The van der Waals surface area contributed by atoms with Crippen molar-refractivity contribution in [1.29, 1.82) is 0 Å². The standard InChI is InChI=1S/C33H44F3NO4/c1-19(38)27-25-26(24-22(37-27)17-30(5,6)18-23(24)40-31(7,8)29(2,3)4)32(13-15-39-16-14-32)41-28(25)20-9-11-21(12-10-20)33(34,35)36/h9-12,19,23,28,38H,13-18H2,1-8H3/t19?,23-,28+/m0/s1. The Morgan fingerprint density at radius 3 is 2.15 bits per heavy atom. The van der Waals surface area contributed by atoms with Crippen LogP contribution in [0.5, 0.6) is 0 Å². The third-order valence-electron chi connectivity index (χ3n) is 9.63. The minimum Gasteiger partial charge on any atom is -0.387 e. The fraction of sp³-hybridized carbons (Fsp3) is 0.667. The molecule has 0 amide bonds. The van der Waals surface area contributed by atoms with Crippen molar-refractivity contribution in [3.8, 4) is 0 Å². The number of aliphatic hydroxyl groups is 1. The third kappa shape index (κ3) is 5.46. The lowest BCUT2D eigenvalue weighted by Crippen LogP contribution is -2.43. The summed E-state index contributed by atoms with van der Waals surface area (Å²) in [6.07, 6.45) is -3.53. The number of hydrogen-bond donors (Lipinski definition) is 1. The van der Waals surface area contributed by atoms with Crippen molar-refractivity contribution in [3.05, 3.63) is 63.5 Å². The molecule has 8 heteroatoms. The van der Waals surface area contributed by atoms with Crippen LogP contribution in [0.25, 0.3) is 0 Å². The molecule has 3 atom stereocenters. The first-order valence-electron chi connectivity index (χ1n) is 14.7. The molecule has 5 nitrogen and oxygen atoms in total. The van der Waals surface area contributed by atoms with E-state index >= 15 is 0 Å². The van der Waals surface area contributed by atoms with Crippen molar-refractivity contribution in [2.45, 2.75) is 117 Å². The van der Waals surface area contributed by atoms with Crippen molar-refractivity contribution in [3.63, 3.8) is 0 Å². The number of aliphatic hydroxyl groups excluding tert-OH is 1. The molecule has 226 valence electrons. The number of pyridine rings is 1. The zero-order valence-corrected chi connectivity index (χ0v) is 25.5. The van der Waals surface area contributed by atoms with Crippen LogP contribution in [0, 0.1) is 10.8 Å². The largest absolute Gasteiger partial charge is 0.416 e. The SMILES string of the molecule is CC(O)c1nc2c(c3c1[C@@H](c1ccc(C(F)(F)F)cc1)OC31CCOCC1)[C@@H](OC(C)(C)C(C)(C)C)CC(C)(C)C2. The second kappa shape index (κ2) is 10.0. The molecule has 0 radical (unpaired) electrons. The lowest BCUT2D eigenvalue weighted by Gasteiger charge is -2.47. The number of aromatic nitrogens is 1. The Bertz CT molecular complexity index is 1290. The fourth-order valence-electron chi connectivity index (χ4n) is 6.50.